The Morgan fingerprint density at radius 1 is 1.54 bits per heavy atom. The minimum Gasteiger partial charge on any atom is -0.466 e. The van der Waals surface area contributed by atoms with E-state index in [1.54, 1.807) is 6.92 Å². The second-order valence-electron chi connectivity index (χ2n) is 2.26. The number of nitrogens with zero attached hydrogens (tertiary/aromatic N) is 1. The van der Waals surface area contributed by atoms with Crippen molar-refractivity contribution >= 4 is 5.97 Å². The molecule has 0 aliphatic rings. The molecule has 0 atom stereocenters. The van der Waals surface area contributed by atoms with E-state index in [0.717, 1.165) is 12.8 Å². The molecule has 0 fully saturated rings. The summed E-state index contributed by atoms with van der Waals surface area (Å²) in [7, 11) is 0. The van der Waals surface area contributed by atoms with Crippen LogP contribution in [0.1, 0.15) is 33.1 Å². The van der Waals surface area contributed by atoms with Crippen LogP contribution in [0, 0.1) is 11.3 Å². The molecule has 1 N–H and O–H groups in total. The molecule has 4 nitrogen and oxygen atoms in total. The Kier molecular flexibility index (Phi) is 15.0. The second-order valence-corrected chi connectivity index (χ2v) is 2.26. The summed E-state index contributed by atoms with van der Waals surface area (Å²) in [5, 5.41) is 16.1. The van der Waals surface area contributed by atoms with Crippen molar-refractivity contribution in [2.24, 2.45) is 0 Å². The van der Waals surface area contributed by atoms with Crippen LogP contribution in [-0.2, 0) is 9.53 Å². The highest BCUT2D eigenvalue weighted by atomic mass is 16.5. The van der Waals surface area contributed by atoms with Gasteiger partial charge in [-0.3, -0.25) is 4.79 Å². The number of hydrogen-bond acceptors (Lipinski definition) is 4. The highest BCUT2D eigenvalue weighted by Crippen LogP contribution is 1.89. The topological polar surface area (TPSA) is 70.3 Å². The fourth-order valence-electron chi connectivity index (χ4n) is 0.519. The van der Waals surface area contributed by atoms with Gasteiger partial charge in [-0.15, -0.1) is 0 Å². The first-order valence-corrected chi connectivity index (χ1v) is 4.30. The van der Waals surface area contributed by atoms with Gasteiger partial charge in [0.1, 0.15) is 0 Å². The Morgan fingerprint density at radius 3 is 2.38 bits per heavy atom. The third-order valence-corrected chi connectivity index (χ3v) is 1.04. The van der Waals surface area contributed by atoms with Gasteiger partial charge in [-0.05, 0) is 19.8 Å². The molecule has 4 heteroatoms. The van der Waals surface area contributed by atoms with Crippen molar-refractivity contribution in [3.05, 3.63) is 0 Å². The lowest BCUT2D eigenvalue weighted by atomic mass is 10.3. The molecule has 0 radical (unpaired) electrons. The van der Waals surface area contributed by atoms with Crippen LogP contribution in [0.5, 0.6) is 0 Å². The Bertz CT molecular complexity index is 151. The normalized spacial score (nSPS) is 7.85. The van der Waals surface area contributed by atoms with E-state index < -0.39 is 0 Å². The lowest BCUT2D eigenvalue weighted by Crippen LogP contribution is -1.95. The molecule has 0 rings (SSSR count). The predicted molar refractivity (Wildman–Crippen MR) is 48.9 cm³/mol. The van der Waals surface area contributed by atoms with Gasteiger partial charge in [0.15, 0.2) is 0 Å². The molecule has 0 bridgehead atoms. The van der Waals surface area contributed by atoms with Gasteiger partial charge < -0.3 is 9.84 Å². The number of carbonyl (C=O) groups is 1. The summed E-state index contributed by atoms with van der Waals surface area (Å²) in [5.74, 6) is -0.211. The molecule has 0 saturated carbocycles. The van der Waals surface area contributed by atoms with E-state index in [0.29, 0.717) is 13.0 Å². The van der Waals surface area contributed by atoms with Crippen molar-refractivity contribution in [2.75, 3.05) is 13.2 Å². The number of nitriles is 1. The van der Waals surface area contributed by atoms with E-state index in [2.05, 4.69) is 4.74 Å². The Labute approximate surface area is 79.1 Å². The molecular formula is C9H17NO3. The number of unbranched alkanes of at least 4 members (excludes halogenated alkanes) is 2. The first-order chi connectivity index (χ1) is 6.18. The number of aliphatic hydroxyl groups excluding tert-OH is 1. The number of rotatable bonds is 4. The molecule has 0 aromatic heterocycles. The molecule has 0 aliphatic carbocycles. The van der Waals surface area contributed by atoms with Gasteiger partial charge in [-0.2, -0.15) is 5.26 Å². The van der Waals surface area contributed by atoms with Crippen molar-refractivity contribution in [3.63, 3.8) is 0 Å². The van der Waals surface area contributed by atoms with E-state index in [1.807, 2.05) is 6.07 Å². The molecule has 0 aliphatic heterocycles. The third-order valence-electron chi connectivity index (χ3n) is 1.04. The van der Waals surface area contributed by atoms with Gasteiger partial charge in [0.2, 0.25) is 0 Å². The van der Waals surface area contributed by atoms with Crippen molar-refractivity contribution in [1.29, 1.82) is 5.26 Å². The SMILES string of the molecule is CCOC(C)=O.N#CCCCCO. The molecule has 0 aromatic rings. The average Bonchev–Trinajstić information content (AvgIpc) is 2.06. The fourth-order valence-corrected chi connectivity index (χ4v) is 0.519. The monoisotopic (exact) mass is 187 g/mol. The zero-order chi connectivity index (χ0) is 10.5. The maximum absolute atomic E-state index is 9.82. The quantitative estimate of drug-likeness (QED) is 0.531. The molecule has 13 heavy (non-hydrogen) atoms. The van der Waals surface area contributed by atoms with Gasteiger partial charge in [0.25, 0.3) is 0 Å². The van der Waals surface area contributed by atoms with Crippen LogP contribution in [-0.4, -0.2) is 24.3 Å². The van der Waals surface area contributed by atoms with Crippen LogP contribution in [0.2, 0.25) is 0 Å². The van der Waals surface area contributed by atoms with Gasteiger partial charge in [0.05, 0.1) is 12.7 Å². The number of ether oxygens (including phenoxy) is 1. The van der Waals surface area contributed by atoms with Gasteiger partial charge in [-0.1, -0.05) is 0 Å². The van der Waals surface area contributed by atoms with E-state index in [-0.39, 0.29) is 12.6 Å². The van der Waals surface area contributed by atoms with Gasteiger partial charge in [-0.25, -0.2) is 0 Å². The van der Waals surface area contributed by atoms with Crippen LogP contribution in [0.3, 0.4) is 0 Å². The van der Waals surface area contributed by atoms with E-state index in [9.17, 15) is 4.79 Å². The van der Waals surface area contributed by atoms with Gasteiger partial charge >= 0.3 is 5.97 Å². The van der Waals surface area contributed by atoms with Crippen LogP contribution < -0.4 is 0 Å². The van der Waals surface area contributed by atoms with Crippen LogP contribution >= 0.6 is 0 Å². The van der Waals surface area contributed by atoms with Crippen molar-refractivity contribution in [3.8, 4) is 6.07 Å². The summed E-state index contributed by atoms with van der Waals surface area (Å²) in [4.78, 5) is 9.82. The van der Waals surface area contributed by atoms with Crippen molar-refractivity contribution in [1.82, 2.24) is 0 Å². The van der Waals surface area contributed by atoms with Crippen LogP contribution in [0.25, 0.3) is 0 Å². The summed E-state index contributed by atoms with van der Waals surface area (Å²) in [5.41, 5.74) is 0. The lowest BCUT2D eigenvalue weighted by Gasteiger charge is -1.89. The third kappa shape index (κ3) is 24.8. The molecular weight excluding hydrogens is 170 g/mol. The fraction of sp³-hybridized carbons (Fsp3) is 0.778. The standard InChI is InChI=1S/C5H9NO.C4H8O2/c6-4-2-1-3-5-7;1-3-6-4(2)5/h7H,1-3,5H2;3H2,1-2H3. The first kappa shape index (κ1) is 14.4. The minimum atomic E-state index is -0.211. The predicted octanol–water partition coefficient (Wildman–Crippen LogP) is 1.24. The molecule has 0 unspecified atom stereocenters. The lowest BCUT2D eigenvalue weighted by molar-refractivity contribution is -0.140. The number of carbonyl (C=O) groups excluding carboxylic acids is 1. The van der Waals surface area contributed by atoms with E-state index in [1.165, 1.54) is 6.92 Å². The van der Waals surface area contributed by atoms with Crippen molar-refractivity contribution < 1.29 is 14.6 Å². The average molecular weight is 187 g/mol. The first-order valence-electron chi connectivity index (χ1n) is 4.30. The maximum atomic E-state index is 9.82. The van der Waals surface area contributed by atoms with Crippen molar-refractivity contribution in [2.45, 2.75) is 33.1 Å². The number of aliphatic hydroxyl groups is 1. The summed E-state index contributed by atoms with van der Waals surface area (Å²) < 4.78 is 4.40. The zero-order valence-corrected chi connectivity index (χ0v) is 8.25. The number of hydrogen-bond donors (Lipinski definition) is 1. The highest BCUT2D eigenvalue weighted by Gasteiger charge is 1.81. The number of esters is 1. The molecule has 0 aromatic carbocycles. The highest BCUT2D eigenvalue weighted by molar-refractivity contribution is 5.65. The summed E-state index contributed by atoms with van der Waals surface area (Å²) in [6.45, 7) is 3.86. The van der Waals surface area contributed by atoms with E-state index >= 15 is 0 Å². The molecule has 0 saturated heterocycles. The van der Waals surface area contributed by atoms with Crippen LogP contribution in [0.15, 0.2) is 0 Å². The largest absolute Gasteiger partial charge is 0.466 e. The Morgan fingerprint density at radius 2 is 2.15 bits per heavy atom. The summed E-state index contributed by atoms with van der Waals surface area (Å²) >= 11 is 0. The summed E-state index contributed by atoms with van der Waals surface area (Å²) in [6, 6.07) is 1.99. The second kappa shape index (κ2) is 13.5. The molecule has 0 spiro atoms. The Hall–Kier alpha value is -1.08. The minimum absolute atomic E-state index is 0.210. The maximum Gasteiger partial charge on any atom is 0.302 e. The Balaban J connectivity index is 0. The molecule has 76 valence electrons. The van der Waals surface area contributed by atoms with Gasteiger partial charge in [0, 0.05) is 20.0 Å². The molecule has 0 amide bonds. The van der Waals surface area contributed by atoms with E-state index in [4.69, 9.17) is 10.4 Å². The van der Waals surface area contributed by atoms with Crippen LogP contribution in [0.4, 0.5) is 0 Å². The molecule has 0 heterocycles. The zero-order valence-electron chi connectivity index (χ0n) is 8.25. The summed E-state index contributed by atoms with van der Waals surface area (Å²) in [6.07, 6.45) is 2.15. The smallest absolute Gasteiger partial charge is 0.302 e.